The van der Waals surface area contributed by atoms with Crippen molar-refractivity contribution >= 4 is 11.8 Å². The summed E-state index contributed by atoms with van der Waals surface area (Å²) in [4.78, 5) is 24.9. The van der Waals surface area contributed by atoms with Crippen molar-refractivity contribution in [1.29, 1.82) is 0 Å². The quantitative estimate of drug-likeness (QED) is 0.464. The number of nitrogens with zero attached hydrogens (tertiary/aromatic N) is 4. The van der Waals surface area contributed by atoms with Crippen LogP contribution in [0.25, 0.3) is 11.4 Å². The van der Waals surface area contributed by atoms with Gasteiger partial charge in [-0.1, -0.05) is 42.0 Å². The summed E-state index contributed by atoms with van der Waals surface area (Å²) in [5.74, 6) is -1.26. The number of aromatic nitrogens is 4. The molecule has 0 saturated heterocycles. The van der Waals surface area contributed by atoms with Crippen molar-refractivity contribution in [2.24, 2.45) is 0 Å². The molecule has 7 nitrogen and oxygen atoms in total. The summed E-state index contributed by atoms with van der Waals surface area (Å²) in [6, 6.07) is 11.3. The van der Waals surface area contributed by atoms with Crippen LogP contribution < -0.4 is 0 Å². The average Bonchev–Trinajstić information content (AvgIpc) is 3.14. The van der Waals surface area contributed by atoms with Crippen molar-refractivity contribution in [1.82, 2.24) is 20.2 Å². The van der Waals surface area contributed by atoms with Gasteiger partial charge in [0.15, 0.2) is 18.9 Å². The fraction of sp³-hybridized carbons (Fsp3) is 0.211. The number of ether oxygens (including phenoxy) is 1. The third kappa shape index (κ3) is 5.24. The summed E-state index contributed by atoms with van der Waals surface area (Å²) in [5.41, 5.74) is 0.628. The molecule has 29 heavy (non-hydrogen) atoms. The Labute approximate surface area is 163 Å². The zero-order valence-electron chi connectivity index (χ0n) is 15.2. The van der Waals surface area contributed by atoms with Crippen LogP contribution in [0, 0.1) is 6.92 Å². The van der Waals surface area contributed by atoms with Gasteiger partial charge in [0.2, 0.25) is 5.82 Å². The minimum absolute atomic E-state index is 0.201. The summed E-state index contributed by atoms with van der Waals surface area (Å²) < 4.78 is 43.0. The standard InChI is InChI=1S/C19H15F3N4O3/c1-12-5-7-13(8-6-12)18-23-25-26(24-18)10-17(28)29-11-16(27)14-3-2-4-15(9-14)19(20,21)22/h2-9H,10-11H2,1H3. The van der Waals surface area contributed by atoms with Crippen LogP contribution in [0.2, 0.25) is 0 Å². The molecule has 1 heterocycles. The molecular weight excluding hydrogens is 389 g/mol. The Bertz CT molecular complexity index is 1030. The Hall–Kier alpha value is -3.56. The van der Waals surface area contributed by atoms with Gasteiger partial charge < -0.3 is 4.74 Å². The number of carbonyl (C=O) groups excluding carboxylic acids is 2. The predicted octanol–water partition coefficient (Wildman–Crippen LogP) is 3.09. The maximum absolute atomic E-state index is 12.7. The number of hydrogen-bond donors (Lipinski definition) is 0. The van der Waals surface area contributed by atoms with Crippen molar-refractivity contribution in [2.75, 3.05) is 6.61 Å². The molecule has 0 radical (unpaired) electrons. The highest BCUT2D eigenvalue weighted by Crippen LogP contribution is 2.29. The Kier molecular flexibility index (Phi) is 5.71. The number of Topliss-reactive ketones (excluding diaryl/α,β-unsaturated/α-hetero) is 1. The fourth-order valence-electron chi connectivity index (χ4n) is 2.39. The van der Waals surface area contributed by atoms with Gasteiger partial charge in [0.25, 0.3) is 0 Å². The number of rotatable bonds is 6. The lowest BCUT2D eigenvalue weighted by Gasteiger charge is -2.08. The highest BCUT2D eigenvalue weighted by Gasteiger charge is 2.30. The second-order valence-electron chi connectivity index (χ2n) is 6.17. The van der Waals surface area contributed by atoms with Gasteiger partial charge in [-0.3, -0.25) is 4.79 Å². The van der Waals surface area contributed by atoms with Crippen LogP contribution >= 0.6 is 0 Å². The number of alkyl halides is 3. The fourth-order valence-corrected chi connectivity index (χ4v) is 2.39. The maximum Gasteiger partial charge on any atom is 0.416 e. The molecule has 3 rings (SSSR count). The largest absolute Gasteiger partial charge is 0.456 e. The molecule has 0 aliphatic carbocycles. The van der Waals surface area contributed by atoms with Gasteiger partial charge in [0.1, 0.15) is 0 Å². The molecule has 0 bridgehead atoms. The van der Waals surface area contributed by atoms with E-state index in [9.17, 15) is 22.8 Å². The predicted molar refractivity (Wildman–Crippen MR) is 94.7 cm³/mol. The normalized spacial score (nSPS) is 11.3. The van der Waals surface area contributed by atoms with Crippen molar-refractivity contribution in [3.05, 3.63) is 65.2 Å². The van der Waals surface area contributed by atoms with E-state index in [0.717, 1.165) is 28.1 Å². The summed E-state index contributed by atoms with van der Waals surface area (Å²) in [6.45, 7) is 0.846. The van der Waals surface area contributed by atoms with Gasteiger partial charge >= 0.3 is 12.1 Å². The lowest BCUT2D eigenvalue weighted by molar-refractivity contribution is -0.143. The number of tetrazole rings is 1. The molecule has 0 N–H and O–H groups in total. The molecule has 0 aliphatic heterocycles. The monoisotopic (exact) mass is 404 g/mol. The van der Waals surface area contributed by atoms with Crippen LogP contribution in [-0.4, -0.2) is 38.6 Å². The SMILES string of the molecule is Cc1ccc(-c2nnn(CC(=O)OCC(=O)c3cccc(C(F)(F)F)c3)n2)cc1. The molecule has 2 aromatic carbocycles. The first-order valence-electron chi connectivity index (χ1n) is 8.43. The topological polar surface area (TPSA) is 87.0 Å². The second-order valence-corrected chi connectivity index (χ2v) is 6.17. The maximum atomic E-state index is 12.7. The Morgan fingerprint density at radius 3 is 2.52 bits per heavy atom. The Morgan fingerprint density at radius 1 is 1.10 bits per heavy atom. The first kappa shape index (κ1) is 20.2. The Balaban J connectivity index is 1.56. The average molecular weight is 404 g/mol. The molecule has 0 unspecified atom stereocenters. The number of aryl methyl sites for hydroxylation is 1. The molecule has 150 valence electrons. The number of halogens is 3. The lowest BCUT2D eigenvalue weighted by atomic mass is 10.1. The van der Waals surface area contributed by atoms with Gasteiger partial charge in [-0.05, 0) is 24.3 Å². The van der Waals surface area contributed by atoms with Crippen LogP contribution in [0.3, 0.4) is 0 Å². The minimum Gasteiger partial charge on any atom is -0.456 e. The minimum atomic E-state index is -4.57. The van der Waals surface area contributed by atoms with E-state index in [2.05, 4.69) is 15.4 Å². The van der Waals surface area contributed by atoms with Crippen molar-refractivity contribution < 1.29 is 27.5 Å². The van der Waals surface area contributed by atoms with E-state index in [1.807, 2.05) is 31.2 Å². The Morgan fingerprint density at radius 2 is 1.83 bits per heavy atom. The van der Waals surface area contributed by atoms with Crippen LogP contribution in [0.4, 0.5) is 13.2 Å². The van der Waals surface area contributed by atoms with Gasteiger partial charge in [0, 0.05) is 11.1 Å². The van der Waals surface area contributed by atoms with Crippen LogP contribution in [-0.2, 0) is 22.3 Å². The summed E-state index contributed by atoms with van der Waals surface area (Å²) >= 11 is 0. The van der Waals surface area contributed by atoms with E-state index in [4.69, 9.17) is 4.74 Å². The smallest absolute Gasteiger partial charge is 0.416 e. The van der Waals surface area contributed by atoms with E-state index in [1.54, 1.807) is 0 Å². The molecular formula is C19H15F3N4O3. The zero-order chi connectivity index (χ0) is 21.0. The molecule has 0 fully saturated rings. The van der Waals surface area contributed by atoms with Gasteiger partial charge in [-0.25, -0.2) is 4.79 Å². The molecule has 10 heteroatoms. The van der Waals surface area contributed by atoms with Crippen molar-refractivity contribution in [3.8, 4) is 11.4 Å². The van der Waals surface area contributed by atoms with E-state index in [1.165, 1.54) is 6.07 Å². The van der Waals surface area contributed by atoms with E-state index < -0.39 is 36.6 Å². The molecule has 0 atom stereocenters. The van der Waals surface area contributed by atoms with E-state index in [0.29, 0.717) is 11.9 Å². The second kappa shape index (κ2) is 8.21. The third-order valence-electron chi connectivity index (χ3n) is 3.91. The molecule has 0 amide bonds. The van der Waals surface area contributed by atoms with Gasteiger partial charge in [-0.2, -0.15) is 18.0 Å². The lowest BCUT2D eigenvalue weighted by Crippen LogP contribution is -2.20. The molecule has 1 aromatic heterocycles. The van der Waals surface area contributed by atoms with Crippen molar-refractivity contribution in [3.63, 3.8) is 0 Å². The zero-order valence-corrected chi connectivity index (χ0v) is 15.2. The first-order valence-corrected chi connectivity index (χ1v) is 8.43. The highest BCUT2D eigenvalue weighted by atomic mass is 19.4. The molecule has 0 spiro atoms. The summed E-state index contributed by atoms with van der Waals surface area (Å²) in [6.07, 6.45) is -4.57. The number of carbonyl (C=O) groups is 2. The van der Waals surface area contributed by atoms with Crippen LogP contribution in [0.5, 0.6) is 0 Å². The molecule has 0 aliphatic rings. The number of benzene rings is 2. The molecule has 3 aromatic rings. The third-order valence-corrected chi connectivity index (χ3v) is 3.91. The van der Waals surface area contributed by atoms with E-state index in [-0.39, 0.29) is 5.56 Å². The van der Waals surface area contributed by atoms with Crippen LogP contribution in [0.1, 0.15) is 21.5 Å². The number of esters is 1. The number of hydrogen-bond acceptors (Lipinski definition) is 6. The van der Waals surface area contributed by atoms with Gasteiger partial charge in [0.05, 0.1) is 5.56 Å². The highest BCUT2D eigenvalue weighted by molar-refractivity contribution is 5.98. The first-order chi connectivity index (χ1) is 13.7. The summed E-state index contributed by atoms with van der Waals surface area (Å²) in [5, 5.41) is 11.6. The molecule has 0 saturated carbocycles. The van der Waals surface area contributed by atoms with Gasteiger partial charge in [-0.15, -0.1) is 10.2 Å². The van der Waals surface area contributed by atoms with Crippen molar-refractivity contribution in [2.45, 2.75) is 19.6 Å². The summed E-state index contributed by atoms with van der Waals surface area (Å²) in [7, 11) is 0. The van der Waals surface area contributed by atoms with E-state index >= 15 is 0 Å². The van der Waals surface area contributed by atoms with Crippen LogP contribution in [0.15, 0.2) is 48.5 Å². The number of ketones is 1.